The van der Waals surface area contributed by atoms with Crippen molar-refractivity contribution in [1.29, 1.82) is 0 Å². The number of piperidine rings is 1. The predicted molar refractivity (Wildman–Crippen MR) is 154 cm³/mol. The first-order chi connectivity index (χ1) is 18.0. The summed E-state index contributed by atoms with van der Waals surface area (Å²) in [6, 6.07) is 26.0. The van der Waals surface area contributed by atoms with Gasteiger partial charge in [-0.25, -0.2) is 0 Å². The van der Waals surface area contributed by atoms with Gasteiger partial charge in [0.2, 0.25) is 0 Å². The Bertz CT molecular complexity index is 1310. The minimum atomic E-state index is 0.243. The molecule has 37 heavy (non-hydrogen) atoms. The van der Waals surface area contributed by atoms with E-state index in [1.807, 2.05) is 48.2 Å². The first-order valence-electron chi connectivity index (χ1n) is 13.2. The number of likely N-dealkylation sites (tertiary alicyclic amines) is 1. The van der Waals surface area contributed by atoms with Crippen molar-refractivity contribution in [3.05, 3.63) is 78.9 Å². The monoisotopic (exact) mass is 513 g/mol. The number of hydrogen-bond donors (Lipinski definition) is 1. The zero-order chi connectivity index (χ0) is 25.6. The summed E-state index contributed by atoms with van der Waals surface area (Å²) in [6.45, 7) is 8.44. The summed E-state index contributed by atoms with van der Waals surface area (Å²) in [4.78, 5) is 3.73. The van der Waals surface area contributed by atoms with Gasteiger partial charge in [-0.3, -0.25) is 4.90 Å². The molecule has 1 aliphatic rings. The van der Waals surface area contributed by atoms with Crippen molar-refractivity contribution in [1.82, 2.24) is 4.90 Å². The fourth-order valence-corrected chi connectivity index (χ4v) is 5.65. The minimum absolute atomic E-state index is 0.243. The molecule has 0 aliphatic carbocycles. The summed E-state index contributed by atoms with van der Waals surface area (Å²) in [5, 5.41) is 12.5. The molecule has 0 radical (unpaired) electrons. The van der Waals surface area contributed by atoms with Gasteiger partial charge in [0.15, 0.2) is 0 Å². The smallest absolute Gasteiger partial charge is 0.143 e. The number of rotatable bonds is 9. The van der Waals surface area contributed by atoms with E-state index < -0.39 is 0 Å². The maximum atomic E-state index is 10.0. The number of hydrogen-bond acceptors (Lipinski definition) is 5. The number of aromatic hydroxyl groups is 1. The van der Waals surface area contributed by atoms with Crippen molar-refractivity contribution in [3.63, 3.8) is 0 Å². The maximum Gasteiger partial charge on any atom is 0.143 e. The molecule has 5 rings (SSSR count). The van der Waals surface area contributed by atoms with Gasteiger partial charge in [-0.2, -0.15) is 0 Å². The molecule has 1 fully saturated rings. The van der Waals surface area contributed by atoms with Gasteiger partial charge in [0.1, 0.15) is 29.6 Å². The third-order valence-electron chi connectivity index (χ3n) is 6.66. The van der Waals surface area contributed by atoms with Gasteiger partial charge >= 0.3 is 0 Å². The second-order valence-corrected chi connectivity index (χ2v) is 11.5. The highest BCUT2D eigenvalue weighted by atomic mass is 32.2. The van der Waals surface area contributed by atoms with Crippen molar-refractivity contribution in [2.75, 3.05) is 26.2 Å². The highest BCUT2D eigenvalue weighted by Crippen LogP contribution is 2.41. The number of ether oxygens (including phenoxy) is 2. The van der Waals surface area contributed by atoms with E-state index in [1.165, 1.54) is 37.2 Å². The van der Waals surface area contributed by atoms with Crippen LogP contribution in [0.3, 0.4) is 0 Å². The molecule has 1 N–H and O–H groups in total. The minimum Gasteiger partial charge on any atom is -0.508 e. The molecule has 0 unspecified atom stereocenters. The second-order valence-electron chi connectivity index (χ2n) is 9.86. The summed E-state index contributed by atoms with van der Waals surface area (Å²) in [7, 11) is 0. The van der Waals surface area contributed by atoms with Crippen molar-refractivity contribution in [2.45, 2.75) is 43.3 Å². The molecule has 0 atom stereocenters. The number of thioether (sulfide) groups is 1. The molecule has 4 aromatic carbocycles. The highest BCUT2D eigenvalue weighted by Gasteiger charge is 2.14. The van der Waals surface area contributed by atoms with Crippen LogP contribution >= 0.6 is 11.8 Å². The molecule has 192 valence electrons. The third-order valence-corrected chi connectivity index (χ3v) is 7.68. The molecule has 0 amide bonds. The molecule has 1 aliphatic heterocycles. The molecule has 4 nitrogen and oxygen atoms in total. The Labute approximate surface area is 224 Å². The van der Waals surface area contributed by atoms with Crippen molar-refractivity contribution >= 4 is 22.5 Å². The van der Waals surface area contributed by atoms with E-state index in [-0.39, 0.29) is 5.75 Å². The normalized spacial score (nSPS) is 14.2. The fraction of sp³-hybridized carbons (Fsp3) is 0.312. The molecule has 0 aromatic heterocycles. The molecule has 0 saturated carbocycles. The summed E-state index contributed by atoms with van der Waals surface area (Å²) >= 11 is 1.85. The molecule has 0 spiro atoms. The van der Waals surface area contributed by atoms with Crippen LogP contribution in [0.1, 0.15) is 33.1 Å². The van der Waals surface area contributed by atoms with Gasteiger partial charge in [-0.15, -0.1) is 11.8 Å². The van der Waals surface area contributed by atoms with Crippen molar-refractivity contribution < 1.29 is 14.6 Å². The number of phenols is 1. The summed E-state index contributed by atoms with van der Waals surface area (Å²) in [6.07, 6.45) is 3.94. The average molecular weight is 514 g/mol. The molecule has 4 aromatic rings. The van der Waals surface area contributed by atoms with E-state index in [4.69, 9.17) is 9.47 Å². The Balaban J connectivity index is 1.36. The largest absolute Gasteiger partial charge is 0.508 e. The fourth-order valence-electron chi connectivity index (χ4n) is 4.81. The first-order valence-corrected chi connectivity index (χ1v) is 14.1. The van der Waals surface area contributed by atoms with Gasteiger partial charge in [0.25, 0.3) is 0 Å². The van der Waals surface area contributed by atoms with Crippen LogP contribution in [0.15, 0.2) is 83.8 Å². The number of benzene rings is 4. The molecular weight excluding hydrogens is 478 g/mol. The number of phenolic OH excluding ortho intramolecular Hbond substituents is 1. The Morgan fingerprint density at radius 2 is 1.57 bits per heavy atom. The topological polar surface area (TPSA) is 41.9 Å². The molecule has 1 saturated heterocycles. The summed E-state index contributed by atoms with van der Waals surface area (Å²) in [5.41, 5.74) is 2.11. The predicted octanol–water partition coefficient (Wildman–Crippen LogP) is 8.37. The maximum absolute atomic E-state index is 10.0. The van der Waals surface area contributed by atoms with E-state index in [2.05, 4.69) is 49.1 Å². The van der Waals surface area contributed by atoms with Gasteiger partial charge in [-0.1, -0.05) is 38.5 Å². The van der Waals surface area contributed by atoms with E-state index in [0.717, 1.165) is 45.7 Å². The van der Waals surface area contributed by atoms with Gasteiger partial charge in [-0.05, 0) is 97.5 Å². The van der Waals surface area contributed by atoms with Crippen LogP contribution in [-0.2, 0) is 0 Å². The lowest BCUT2D eigenvalue weighted by molar-refractivity contribution is 0.183. The lowest BCUT2D eigenvalue weighted by atomic mass is 9.99. The van der Waals surface area contributed by atoms with Crippen LogP contribution < -0.4 is 9.47 Å². The van der Waals surface area contributed by atoms with Crippen molar-refractivity contribution in [2.24, 2.45) is 0 Å². The van der Waals surface area contributed by atoms with E-state index in [1.54, 1.807) is 12.1 Å². The first kappa shape index (κ1) is 25.5. The quantitative estimate of drug-likeness (QED) is 0.228. The summed E-state index contributed by atoms with van der Waals surface area (Å²) < 4.78 is 12.5. The zero-order valence-corrected chi connectivity index (χ0v) is 22.5. The van der Waals surface area contributed by atoms with E-state index >= 15 is 0 Å². The third kappa shape index (κ3) is 6.60. The van der Waals surface area contributed by atoms with Crippen molar-refractivity contribution in [3.8, 4) is 34.1 Å². The standard InChI is InChI=1S/C32H35NO3S/c1-23(2)37-29-14-6-24(7-15-29)30-16-8-25-22-26(34)9-17-31(25)32(30)36-28-12-10-27(11-13-28)35-21-20-33-18-4-3-5-19-33/h6-17,22-23,34H,3-5,18-21H2,1-2H3. The van der Waals surface area contributed by atoms with Crippen LogP contribution in [0.4, 0.5) is 0 Å². The van der Waals surface area contributed by atoms with Crippen LogP contribution in [0, 0.1) is 0 Å². The van der Waals surface area contributed by atoms with Gasteiger partial charge < -0.3 is 14.6 Å². The highest BCUT2D eigenvalue weighted by molar-refractivity contribution is 7.99. The Morgan fingerprint density at radius 1 is 0.838 bits per heavy atom. The number of nitrogens with zero attached hydrogens (tertiary/aromatic N) is 1. The summed E-state index contributed by atoms with van der Waals surface area (Å²) in [5.74, 6) is 2.62. The Kier molecular flexibility index (Phi) is 8.22. The second kappa shape index (κ2) is 11.9. The SMILES string of the molecule is CC(C)Sc1ccc(-c2ccc3cc(O)ccc3c2Oc2ccc(OCCN3CCCCC3)cc2)cc1. The van der Waals surface area contributed by atoms with Crippen LogP contribution in [-0.4, -0.2) is 41.5 Å². The average Bonchev–Trinajstić information content (AvgIpc) is 2.90. The lowest BCUT2D eigenvalue weighted by Crippen LogP contribution is -2.33. The number of fused-ring (bicyclic) bond motifs is 1. The molecule has 5 heteroatoms. The lowest BCUT2D eigenvalue weighted by Gasteiger charge is -2.26. The van der Waals surface area contributed by atoms with E-state index in [9.17, 15) is 5.11 Å². The molecular formula is C32H35NO3S. The van der Waals surface area contributed by atoms with Crippen LogP contribution in [0.25, 0.3) is 21.9 Å². The Morgan fingerprint density at radius 3 is 2.30 bits per heavy atom. The van der Waals surface area contributed by atoms with Gasteiger partial charge in [0.05, 0.1) is 0 Å². The Hall–Kier alpha value is -3.15. The molecule has 0 bridgehead atoms. The zero-order valence-electron chi connectivity index (χ0n) is 21.7. The van der Waals surface area contributed by atoms with E-state index in [0.29, 0.717) is 11.9 Å². The van der Waals surface area contributed by atoms with Crippen LogP contribution in [0.2, 0.25) is 0 Å². The molecule has 1 heterocycles. The van der Waals surface area contributed by atoms with Crippen LogP contribution in [0.5, 0.6) is 23.0 Å². The van der Waals surface area contributed by atoms with Gasteiger partial charge in [0, 0.05) is 27.6 Å².